The van der Waals surface area contributed by atoms with Crippen molar-refractivity contribution in [1.29, 1.82) is 0 Å². The van der Waals surface area contributed by atoms with Crippen LogP contribution in [-0.4, -0.2) is 41.9 Å². The molecule has 0 unspecified atom stereocenters. The molecule has 1 aliphatic carbocycles. The number of rotatable bonds is 11. The van der Waals surface area contributed by atoms with Gasteiger partial charge >= 0.3 is 12.1 Å². The lowest BCUT2D eigenvalue weighted by Crippen LogP contribution is -2.44. The van der Waals surface area contributed by atoms with Crippen molar-refractivity contribution >= 4 is 23.6 Å². The molecule has 0 radical (unpaired) electrons. The van der Waals surface area contributed by atoms with E-state index in [2.05, 4.69) is 19.2 Å². The first-order chi connectivity index (χ1) is 15.6. The predicted octanol–water partition coefficient (Wildman–Crippen LogP) is 5.69. The second-order valence-electron chi connectivity index (χ2n) is 11.5. The van der Waals surface area contributed by atoms with E-state index in [0.29, 0.717) is 43.6 Å². The van der Waals surface area contributed by atoms with Crippen LogP contribution in [0.1, 0.15) is 107 Å². The number of ether oxygens (including phenoxy) is 2. The fourth-order valence-corrected chi connectivity index (χ4v) is 4.29. The highest BCUT2D eigenvalue weighted by molar-refractivity contribution is 6.22. The number of unbranched alkanes of at least 4 members (excludes halogenated alkanes) is 2. The molecule has 7 heteroatoms. The number of hydrogen-bond acceptors (Lipinski definition) is 6. The van der Waals surface area contributed by atoms with Crippen LogP contribution in [-0.2, 0) is 23.9 Å². The number of amides is 1. The molecule has 0 aromatic carbocycles. The minimum atomic E-state index is -0.771. The maximum Gasteiger partial charge on any atom is 0.408 e. The Morgan fingerprint density at radius 2 is 1.62 bits per heavy atom. The molecule has 1 rings (SSSR count). The van der Waals surface area contributed by atoms with Crippen LogP contribution in [0.25, 0.3) is 0 Å². The van der Waals surface area contributed by atoms with Gasteiger partial charge in [0.15, 0.2) is 11.6 Å². The van der Waals surface area contributed by atoms with E-state index in [-0.39, 0.29) is 23.6 Å². The first-order valence-electron chi connectivity index (χ1n) is 12.6. The normalized spacial score (nSPS) is 16.9. The quantitative estimate of drug-likeness (QED) is 0.177. The Morgan fingerprint density at radius 3 is 2.12 bits per heavy atom. The zero-order valence-corrected chi connectivity index (χ0v) is 22.5. The Morgan fingerprint density at radius 1 is 1.03 bits per heavy atom. The molecule has 1 fully saturated rings. The maximum absolute atomic E-state index is 12.8. The molecule has 1 aliphatic rings. The van der Waals surface area contributed by atoms with Gasteiger partial charge in [-0.2, -0.15) is 0 Å². The fraction of sp³-hybridized carbons (Fsp3) is 0.778. The lowest BCUT2D eigenvalue weighted by atomic mass is 9.72. The minimum absolute atomic E-state index is 0.0270. The van der Waals surface area contributed by atoms with Gasteiger partial charge in [-0.15, -0.1) is 0 Å². The van der Waals surface area contributed by atoms with Gasteiger partial charge in [-0.25, -0.2) is 9.59 Å². The molecule has 194 valence electrons. The fourth-order valence-electron chi connectivity index (χ4n) is 4.29. The first kappa shape index (κ1) is 29.9. The van der Waals surface area contributed by atoms with E-state index < -0.39 is 23.7 Å². The van der Waals surface area contributed by atoms with Gasteiger partial charge in [-0.05, 0) is 64.7 Å². The SMILES string of the molecule is CCOC(=O)[C@H](CCCCCC(CC(C)C)=C1C(=O)CC(C)(C)CC1=O)NC(=O)OC(C)(C)C. The lowest BCUT2D eigenvalue weighted by molar-refractivity contribution is -0.145. The number of Topliss-reactive ketones (excluding diaryl/α,β-unsaturated/α-hetero) is 2. The Balaban J connectivity index is 2.74. The Bertz CT molecular complexity index is 750. The summed E-state index contributed by atoms with van der Waals surface area (Å²) in [5.41, 5.74) is 0.467. The van der Waals surface area contributed by atoms with Gasteiger partial charge in [0, 0.05) is 12.8 Å². The number of alkyl carbamates (subject to hydrolysis) is 1. The third-order valence-corrected chi connectivity index (χ3v) is 5.58. The predicted molar refractivity (Wildman–Crippen MR) is 132 cm³/mol. The van der Waals surface area contributed by atoms with Crippen LogP contribution < -0.4 is 5.32 Å². The standard InChI is InChI=1S/C27H45NO6/c1-9-33-24(31)20(28-25(32)34-26(4,5)6)14-12-10-11-13-19(15-18(2)3)23-21(29)16-27(7,8)17-22(23)30/h18,20H,9-17H2,1-8H3,(H,28,32)/t20-/m0/s1. The monoisotopic (exact) mass is 479 g/mol. The second-order valence-corrected chi connectivity index (χ2v) is 11.5. The van der Waals surface area contributed by atoms with Gasteiger partial charge in [0.1, 0.15) is 11.6 Å². The molecule has 0 aromatic heterocycles. The number of carbonyl (C=O) groups is 4. The van der Waals surface area contributed by atoms with Crippen LogP contribution in [0.3, 0.4) is 0 Å². The van der Waals surface area contributed by atoms with Gasteiger partial charge < -0.3 is 14.8 Å². The minimum Gasteiger partial charge on any atom is -0.464 e. The number of nitrogens with one attached hydrogen (secondary N) is 1. The zero-order chi connectivity index (χ0) is 26.1. The molecule has 0 heterocycles. The van der Waals surface area contributed by atoms with Crippen molar-refractivity contribution in [2.45, 2.75) is 118 Å². The van der Waals surface area contributed by atoms with Crippen molar-refractivity contribution in [3.63, 3.8) is 0 Å². The third-order valence-electron chi connectivity index (χ3n) is 5.58. The molecule has 7 nitrogen and oxygen atoms in total. The number of ketones is 2. The number of hydrogen-bond donors (Lipinski definition) is 1. The molecule has 1 atom stereocenters. The molecule has 0 aromatic rings. The second kappa shape index (κ2) is 13.1. The summed E-state index contributed by atoms with van der Waals surface area (Å²) in [4.78, 5) is 50.0. The third kappa shape index (κ3) is 10.8. The molecule has 0 spiro atoms. The molecule has 0 saturated heterocycles. The van der Waals surface area contributed by atoms with Crippen molar-refractivity contribution in [2.24, 2.45) is 11.3 Å². The molecule has 1 saturated carbocycles. The number of allylic oxidation sites excluding steroid dienone is 2. The summed E-state index contributed by atoms with van der Waals surface area (Å²) in [6, 6.07) is -0.771. The van der Waals surface area contributed by atoms with Gasteiger partial charge in [0.05, 0.1) is 12.2 Å². The van der Waals surface area contributed by atoms with Crippen LogP contribution in [0, 0.1) is 11.3 Å². The summed E-state index contributed by atoms with van der Waals surface area (Å²) in [5, 5.41) is 2.62. The molecule has 1 N–H and O–H groups in total. The topological polar surface area (TPSA) is 98.8 Å². The van der Waals surface area contributed by atoms with E-state index in [1.165, 1.54) is 0 Å². The summed E-state index contributed by atoms with van der Waals surface area (Å²) in [5.74, 6) is -0.178. The van der Waals surface area contributed by atoms with E-state index in [1.807, 2.05) is 13.8 Å². The highest BCUT2D eigenvalue weighted by atomic mass is 16.6. The van der Waals surface area contributed by atoms with Crippen LogP contribution in [0.15, 0.2) is 11.1 Å². The average molecular weight is 480 g/mol. The van der Waals surface area contributed by atoms with Gasteiger partial charge in [-0.1, -0.05) is 46.1 Å². The summed E-state index contributed by atoms with van der Waals surface area (Å²) >= 11 is 0. The number of carbonyl (C=O) groups excluding carboxylic acids is 4. The Hall–Kier alpha value is -2.18. The van der Waals surface area contributed by atoms with E-state index in [4.69, 9.17) is 9.47 Å². The first-order valence-corrected chi connectivity index (χ1v) is 12.6. The van der Waals surface area contributed by atoms with E-state index >= 15 is 0 Å². The molecular formula is C27H45NO6. The van der Waals surface area contributed by atoms with Gasteiger partial charge in [0.2, 0.25) is 0 Å². The van der Waals surface area contributed by atoms with E-state index in [0.717, 1.165) is 24.8 Å². The van der Waals surface area contributed by atoms with Crippen molar-refractivity contribution in [3.05, 3.63) is 11.1 Å². The van der Waals surface area contributed by atoms with Crippen LogP contribution in [0.4, 0.5) is 4.79 Å². The number of esters is 1. The molecule has 0 aliphatic heterocycles. The largest absolute Gasteiger partial charge is 0.464 e. The van der Waals surface area contributed by atoms with Crippen molar-refractivity contribution in [1.82, 2.24) is 5.32 Å². The molecular weight excluding hydrogens is 434 g/mol. The smallest absolute Gasteiger partial charge is 0.408 e. The van der Waals surface area contributed by atoms with E-state index in [1.54, 1.807) is 27.7 Å². The van der Waals surface area contributed by atoms with Gasteiger partial charge in [-0.3, -0.25) is 9.59 Å². The maximum atomic E-state index is 12.8. The zero-order valence-electron chi connectivity index (χ0n) is 22.5. The van der Waals surface area contributed by atoms with Crippen LogP contribution in [0.2, 0.25) is 0 Å². The molecule has 1 amide bonds. The lowest BCUT2D eigenvalue weighted by Gasteiger charge is -2.30. The molecule has 34 heavy (non-hydrogen) atoms. The van der Waals surface area contributed by atoms with Gasteiger partial charge in [0.25, 0.3) is 0 Å². The van der Waals surface area contributed by atoms with Crippen molar-refractivity contribution in [2.75, 3.05) is 6.61 Å². The van der Waals surface area contributed by atoms with Crippen molar-refractivity contribution < 1.29 is 28.7 Å². The Kier molecular flexibility index (Phi) is 11.5. The van der Waals surface area contributed by atoms with E-state index in [9.17, 15) is 19.2 Å². The Labute approximate surface area is 205 Å². The summed E-state index contributed by atoms with van der Waals surface area (Å²) in [6.07, 6.45) is 4.32. The average Bonchev–Trinajstić information content (AvgIpc) is 2.63. The highest BCUT2D eigenvalue weighted by Gasteiger charge is 2.37. The summed E-state index contributed by atoms with van der Waals surface area (Å²) < 4.78 is 10.4. The summed E-state index contributed by atoms with van der Waals surface area (Å²) in [6.45, 7) is 15.4. The van der Waals surface area contributed by atoms with Crippen molar-refractivity contribution in [3.8, 4) is 0 Å². The summed E-state index contributed by atoms with van der Waals surface area (Å²) in [7, 11) is 0. The van der Waals surface area contributed by atoms with Crippen LogP contribution >= 0.6 is 0 Å². The van der Waals surface area contributed by atoms with Crippen LogP contribution in [0.5, 0.6) is 0 Å². The highest BCUT2D eigenvalue weighted by Crippen LogP contribution is 2.36. The molecule has 0 bridgehead atoms.